The van der Waals surface area contributed by atoms with Crippen LogP contribution in [-0.2, 0) is 12.8 Å². The van der Waals surface area contributed by atoms with E-state index in [-0.39, 0.29) is 0 Å². The zero-order chi connectivity index (χ0) is 11.3. The van der Waals surface area contributed by atoms with Gasteiger partial charge in [-0.1, -0.05) is 24.6 Å². The van der Waals surface area contributed by atoms with Crippen molar-refractivity contribution in [3.63, 3.8) is 0 Å². The maximum absolute atomic E-state index is 6.15. The molecule has 0 aliphatic carbocycles. The van der Waals surface area contributed by atoms with Crippen LogP contribution in [0.1, 0.15) is 18.1 Å². The lowest BCUT2D eigenvalue weighted by atomic mass is 10.1. The Morgan fingerprint density at radius 3 is 2.67 bits per heavy atom. The highest BCUT2D eigenvalue weighted by atomic mass is 35.5. The Balaban J connectivity index is 2.97. The highest BCUT2D eigenvalue weighted by Crippen LogP contribution is 2.30. The maximum Gasteiger partial charge on any atom is 0.140 e. The van der Waals surface area contributed by atoms with Gasteiger partial charge in [-0.05, 0) is 43.6 Å². The molecule has 0 aliphatic heterocycles. The van der Waals surface area contributed by atoms with Crippen molar-refractivity contribution in [2.75, 3.05) is 20.7 Å². The van der Waals surface area contributed by atoms with E-state index in [1.54, 1.807) is 7.11 Å². The van der Waals surface area contributed by atoms with Gasteiger partial charge in [0.25, 0.3) is 0 Å². The van der Waals surface area contributed by atoms with Gasteiger partial charge in [0.1, 0.15) is 5.75 Å². The van der Waals surface area contributed by atoms with Crippen LogP contribution < -0.4 is 10.1 Å². The zero-order valence-corrected chi connectivity index (χ0v) is 10.3. The molecule has 1 aromatic carbocycles. The van der Waals surface area contributed by atoms with Crippen LogP contribution >= 0.6 is 11.6 Å². The minimum absolute atomic E-state index is 0.711. The van der Waals surface area contributed by atoms with Gasteiger partial charge >= 0.3 is 0 Å². The SMILES string of the molecule is CCc1cc(CCNC)cc(Cl)c1OC. The molecule has 0 heterocycles. The molecule has 84 valence electrons. The molecule has 0 aliphatic rings. The monoisotopic (exact) mass is 227 g/mol. The van der Waals surface area contributed by atoms with E-state index >= 15 is 0 Å². The van der Waals surface area contributed by atoms with Crippen LogP contribution in [0.5, 0.6) is 5.75 Å². The van der Waals surface area contributed by atoms with Gasteiger partial charge in [-0.25, -0.2) is 0 Å². The highest BCUT2D eigenvalue weighted by Gasteiger charge is 2.08. The van der Waals surface area contributed by atoms with E-state index in [0.717, 1.165) is 25.1 Å². The predicted octanol–water partition coefficient (Wildman–Crippen LogP) is 2.67. The number of hydrogen-bond donors (Lipinski definition) is 1. The second kappa shape index (κ2) is 5.99. The average Bonchev–Trinajstić information content (AvgIpc) is 2.25. The summed E-state index contributed by atoms with van der Waals surface area (Å²) in [5.74, 6) is 0.812. The summed E-state index contributed by atoms with van der Waals surface area (Å²) in [6.45, 7) is 3.07. The number of benzene rings is 1. The van der Waals surface area contributed by atoms with Gasteiger partial charge in [-0.2, -0.15) is 0 Å². The largest absolute Gasteiger partial charge is 0.495 e. The zero-order valence-electron chi connectivity index (χ0n) is 9.56. The van der Waals surface area contributed by atoms with E-state index in [9.17, 15) is 0 Å². The molecule has 3 heteroatoms. The van der Waals surface area contributed by atoms with E-state index in [1.807, 2.05) is 13.1 Å². The van der Waals surface area contributed by atoms with Crippen molar-refractivity contribution in [2.24, 2.45) is 0 Å². The Hall–Kier alpha value is -0.730. The number of nitrogens with one attached hydrogen (secondary N) is 1. The van der Waals surface area contributed by atoms with E-state index in [4.69, 9.17) is 16.3 Å². The van der Waals surface area contributed by atoms with E-state index in [1.165, 1.54) is 11.1 Å². The van der Waals surface area contributed by atoms with Crippen molar-refractivity contribution in [1.82, 2.24) is 5.32 Å². The van der Waals surface area contributed by atoms with E-state index in [2.05, 4.69) is 18.3 Å². The minimum Gasteiger partial charge on any atom is -0.495 e. The molecule has 0 atom stereocenters. The fourth-order valence-electron chi connectivity index (χ4n) is 1.62. The van der Waals surface area contributed by atoms with Crippen molar-refractivity contribution in [3.05, 3.63) is 28.3 Å². The molecule has 0 fully saturated rings. The molecule has 1 N–H and O–H groups in total. The summed E-state index contributed by atoms with van der Waals surface area (Å²) in [5.41, 5.74) is 2.43. The molecule has 0 aromatic heterocycles. The number of halogens is 1. The molecular formula is C12H18ClNO. The van der Waals surface area contributed by atoms with E-state index in [0.29, 0.717) is 5.02 Å². The lowest BCUT2D eigenvalue weighted by Gasteiger charge is -2.11. The van der Waals surface area contributed by atoms with Crippen molar-refractivity contribution in [3.8, 4) is 5.75 Å². The summed E-state index contributed by atoms with van der Waals surface area (Å²) in [5, 5.41) is 3.84. The van der Waals surface area contributed by atoms with Gasteiger partial charge in [0.15, 0.2) is 0 Å². The molecular weight excluding hydrogens is 210 g/mol. The van der Waals surface area contributed by atoms with Crippen LogP contribution in [0.3, 0.4) is 0 Å². The van der Waals surface area contributed by atoms with Crippen LogP contribution in [0, 0.1) is 0 Å². The van der Waals surface area contributed by atoms with Crippen LogP contribution in [0.15, 0.2) is 12.1 Å². The Morgan fingerprint density at radius 1 is 1.40 bits per heavy atom. The first kappa shape index (κ1) is 12.3. The van der Waals surface area contributed by atoms with Crippen molar-refractivity contribution >= 4 is 11.6 Å². The van der Waals surface area contributed by atoms with Crippen LogP contribution in [0.25, 0.3) is 0 Å². The molecule has 0 unspecified atom stereocenters. The number of hydrogen-bond acceptors (Lipinski definition) is 2. The Bertz CT molecular complexity index is 326. The summed E-state index contributed by atoms with van der Waals surface area (Å²) >= 11 is 6.15. The normalized spacial score (nSPS) is 10.4. The summed E-state index contributed by atoms with van der Waals surface area (Å²) in [6.07, 6.45) is 1.93. The maximum atomic E-state index is 6.15. The number of likely N-dealkylation sites (N-methyl/N-ethyl adjacent to an activating group) is 1. The van der Waals surface area contributed by atoms with Gasteiger partial charge in [-0.3, -0.25) is 0 Å². The quantitative estimate of drug-likeness (QED) is 0.835. The first-order valence-electron chi connectivity index (χ1n) is 5.22. The standard InChI is InChI=1S/C12H18ClNO/c1-4-10-7-9(5-6-14-2)8-11(13)12(10)15-3/h7-8,14H,4-6H2,1-3H3. The molecule has 1 rings (SSSR count). The Morgan fingerprint density at radius 2 is 2.13 bits per heavy atom. The van der Waals surface area contributed by atoms with Crippen LogP contribution in [0.2, 0.25) is 5.02 Å². The molecule has 1 aromatic rings. The van der Waals surface area contributed by atoms with Gasteiger partial charge in [-0.15, -0.1) is 0 Å². The second-order valence-corrected chi connectivity index (χ2v) is 3.88. The number of ether oxygens (including phenoxy) is 1. The lowest BCUT2D eigenvalue weighted by Crippen LogP contribution is -2.10. The highest BCUT2D eigenvalue weighted by molar-refractivity contribution is 6.32. The van der Waals surface area contributed by atoms with Crippen molar-refractivity contribution < 1.29 is 4.74 Å². The molecule has 0 saturated heterocycles. The third kappa shape index (κ3) is 3.11. The third-order valence-corrected chi connectivity index (χ3v) is 2.71. The van der Waals surface area contributed by atoms with E-state index < -0.39 is 0 Å². The van der Waals surface area contributed by atoms with Gasteiger partial charge < -0.3 is 10.1 Å². The predicted molar refractivity (Wildman–Crippen MR) is 65.0 cm³/mol. The Labute approximate surface area is 96.6 Å². The fraction of sp³-hybridized carbons (Fsp3) is 0.500. The minimum atomic E-state index is 0.711. The van der Waals surface area contributed by atoms with Crippen LogP contribution in [-0.4, -0.2) is 20.7 Å². The molecule has 0 spiro atoms. The summed E-state index contributed by atoms with van der Waals surface area (Å²) in [7, 11) is 3.61. The average molecular weight is 228 g/mol. The summed E-state index contributed by atoms with van der Waals surface area (Å²) < 4.78 is 5.28. The summed E-state index contributed by atoms with van der Waals surface area (Å²) in [6, 6.07) is 4.15. The number of aryl methyl sites for hydroxylation is 1. The molecule has 0 bridgehead atoms. The first-order valence-corrected chi connectivity index (χ1v) is 5.60. The molecule has 0 radical (unpaired) electrons. The van der Waals surface area contributed by atoms with Gasteiger partial charge in [0.2, 0.25) is 0 Å². The molecule has 2 nitrogen and oxygen atoms in total. The van der Waals surface area contributed by atoms with Crippen molar-refractivity contribution in [1.29, 1.82) is 0 Å². The number of methoxy groups -OCH3 is 1. The lowest BCUT2D eigenvalue weighted by molar-refractivity contribution is 0.410. The molecule has 0 amide bonds. The van der Waals surface area contributed by atoms with Crippen molar-refractivity contribution in [2.45, 2.75) is 19.8 Å². The van der Waals surface area contributed by atoms with Crippen LogP contribution in [0.4, 0.5) is 0 Å². The summed E-state index contributed by atoms with van der Waals surface area (Å²) in [4.78, 5) is 0. The topological polar surface area (TPSA) is 21.3 Å². The smallest absolute Gasteiger partial charge is 0.140 e. The van der Waals surface area contributed by atoms with Gasteiger partial charge in [0, 0.05) is 0 Å². The van der Waals surface area contributed by atoms with Gasteiger partial charge in [0.05, 0.1) is 12.1 Å². The number of rotatable bonds is 5. The first-order chi connectivity index (χ1) is 7.22. The fourth-order valence-corrected chi connectivity index (χ4v) is 1.96. The second-order valence-electron chi connectivity index (χ2n) is 3.48. The Kier molecular flexibility index (Phi) is 4.92. The third-order valence-electron chi connectivity index (χ3n) is 2.43. The molecule has 0 saturated carbocycles. The molecule has 15 heavy (non-hydrogen) atoms.